The summed E-state index contributed by atoms with van der Waals surface area (Å²) in [6.07, 6.45) is 7.84. The van der Waals surface area contributed by atoms with E-state index in [2.05, 4.69) is 0 Å². The number of hydrogen-bond donors (Lipinski definition) is 1. The van der Waals surface area contributed by atoms with E-state index in [4.69, 9.17) is 33.2 Å². The van der Waals surface area contributed by atoms with Gasteiger partial charge in [-0.3, -0.25) is 0 Å². The molecule has 0 amide bonds. The van der Waals surface area contributed by atoms with Crippen LogP contribution in [0.25, 0.3) is 6.08 Å². The van der Waals surface area contributed by atoms with Crippen LogP contribution in [0.2, 0.25) is 6.04 Å². The first-order valence-corrected chi connectivity index (χ1v) is 13.3. The molecule has 2 nitrogen and oxygen atoms in total. The third kappa shape index (κ3) is 10.3. The van der Waals surface area contributed by atoms with Gasteiger partial charge in [0.1, 0.15) is 5.82 Å². The third-order valence-electron chi connectivity index (χ3n) is 3.62. The molecule has 7 heteroatoms. The second-order valence-corrected chi connectivity index (χ2v) is 15.0. The van der Waals surface area contributed by atoms with Crippen molar-refractivity contribution >= 4 is 51.3 Å². The van der Waals surface area contributed by atoms with Crippen LogP contribution in [0.3, 0.4) is 0 Å². The molecule has 0 fully saturated rings. The molecule has 1 N–H and O–H groups in total. The van der Waals surface area contributed by atoms with Crippen molar-refractivity contribution in [1.82, 2.24) is 0 Å². The van der Waals surface area contributed by atoms with E-state index in [-0.39, 0.29) is 5.82 Å². The molecule has 0 saturated carbocycles. The lowest BCUT2D eigenvalue weighted by Crippen LogP contribution is -2.07. The van der Waals surface area contributed by atoms with Gasteiger partial charge in [-0.05, 0) is 42.7 Å². The lowest BCUT2D eigenvalue weighted by molar-refractivity contribution is -0.132. The maximum Gasteiger partial charge on any atom is 0.341 e. The Morgan fingerprint density at radius 3 is 2.29 bits per heavy atom. The first-order valence-electron chi connectivity index (χ1n) is 8.04. The fourth-order valence-electron chi connectivity index (χ4n) is 2.39. The molecule has 0 unspecified atom stereocenters. The van der Waals surface area contributed by atoms with Gasteiger partial charge in [-0.25, -0.2) is 9.18 Å². The van der Waals surface area contributed by atoms with Gasteiger partial charge in [-0.2, -0.15) is 0 Å². The Balaban J connectivity index is 2.29. The number of hydrogen-bond acceptors (Lipinski definition) is 1. The largest absolute Gasteiger partial charge is 0.478 e. The molecule has 134 valence electrons. The van der Waals surface area contributed by atoms with Gasteiger partial charge in [0.05, 0.1) is 0 Å². The number of carboxylic acid groups (broad SMARTS) is 1. The maximum absolute atomic E-state index is 13.1. The average Bonchev–Trinajstić information content (AvgIpc) is 2.47. The number of rotatable bonds is 11. The van der Waals surface area contributed by atoms with Crippen molar-refractivity contribution < 1.29 is 14.3 Å². The van der Waals surface area contributed by atoms with E-state index in [1.807, 2.05) is 0 Å². The van der Waals surface area contributed by atoms with E-state index >= 15 is 0 Å². The van der Waals surface area contributed by atoms with Crippen molar-refractivity contribution in [2.24, 2.45) is 0 Å². The highest BCUT2D eigenvalue weighted by atomic mass is 35.8. The molecular weight excluding hydrogens is 390 g/mol. The SMILES string of the molecule is O=C(O)/C(=C/c1cccc(F)c1)CCCCCCCC[Si](Cl)(Cl)Cl. The minimum atomic E-state index is -2.48. The second kappa shape index (κ2) is 11.1. The molecule has 0 aromatic heterocycles. The molecule has 0 bridgehead atoms. The number of aliphatic carboxylic acids is 1. The minimum absolute atomic E-state index is 0.308. The topological polar surface area (TPSA) is 37.3 Å². The molecule has 0 atom stereocenters. The summed E-state index contributed by atoms with van der Waals surface area (Å²) in [5.74, 6) is -1.32. The number of halogens is 4. The fourth-order valence-corrected chi connectivity index (χ4v) is 4.24. The van der Waals surface area contributed by atoms with Crippen molar-refractivity contribution in [2.75, 3.05) is 0 Å². The molecule has 1 rings (SSSR count). The van der Waals surface area contributed by atoms with Crippen molar-refractivity contribution in [3.05, 3.63) is 41.2 Å². The van der Waals surface area contributed by atoms with Gasteiger partial charge in [-0.1, -0.05) is 44.2 Å². The Hall–Kier alpha value is -0.553. The lowest BCUT2D eigenvalue weighted by Gasteiger charge is -2.07. The van der Waals surface area contributed by atoms with Crippen LogP contribution >= 0.6 is 33.2 Å². The van der Waals surface area contributed by atoms with E-state index in [1.165, 1.54) is 18.2 Å². The Bertz CT molecular complexity index is 559. The van der Waals surface area contributed by atoms with E-state index in [0.29, 0.717) is 23.6 Å². The normalized spacial score (nSPS) is 12.4. The predicted molar refractivity (Wildman–Crippen MR) is 102 cm³/mol. The Kier molecular flexibility index (Phi) is 9.97. The molecule has 0 aliphatic carbocycles. The molecule has 0 aliphatic rings. The zero-order chi connectivity index (χ0) is 18.0. The molecule has 0 aliphatic heterocycles. The van der Waals surface area contributed by atoms with E-state index in [1.54, 1.807) is 12.1 Å². The molecular formula is C17H22Cl3FO2Si. The summed E-state index contributed by atoms with van der Waals surface area (Å²) in [5.41, 5.74) is 0.881. The van der Waals surface area contributed by atoms with Gasteiger partial charge in [0.25, 0.3) is 0 Å². The average molecular weight is 412 g/mol. The smallest absolute Gasteiger partial charge is 0.341 e. The van der Waals surface area contributed by atoms with Crippen molar-refractivity contribution in [1.29, 1.82) is 0 Å². The van der Waals surface area contributed by atoms with Crippen LogP contribution in [0.1, 0.15) is 50.5 Å². The minimum Gasteiger partial charge on any atom is -0.478 e. The summed E-state index contributed by atoms with van der Waals surface area (Å²) in [7, 11) is 0. The number of unbranched alkanes of at least 4 members (excludes halogenated alkanes) is 5. The summed E-state index contributed by atoms with van der Waals surface area (Å²) < 4.78 is 13.1. The summed E-state index contributed by atoms with van der Waals surface area (Å²) in [6, 6.07) is 4.14. The molecule has 0 radical (unpaired) electrons. The Morgan fingerprint density at radius 2 is 1.71 bits per heavy atom. The Morgan fingerprint density at radius 1 is 1.08 bits per heavy atom. The van der Waals surface area contributed by atoms with Crippen molar-refractivity contribution in [3.8, 4) is 0 Å². The maximum atomic E-state index is 13.1. The quantitative estimate of drug-likeness (QED) is 0.191. The molecule has 24 heavy (non-hydrogen) atoms. The number of benzene rings is 1. The van der Waals surface area contributed by atoms with Crippen LogP contribution < -0.4 is 0 Å². The van der Waals surface area contributed by atoms with Crippen LogP contribution in [0.4, 0.5) is 4.39 Å². The highest BCUT2D eigenvalue weighted by Crippen LogP contribution is 2.27. The molecule has 0 spiro atoms. The summed E-state index contributed by atoms with van der Waals surface area (Å²) in [6.45, 7) is 0. The lowest BCUT2D eigenvalue weighted by atomic mass is 10.0. The van der Waals surface area contributed by atoms with Gasteiger partial charge >= 0.3 is 12.0 Å². The van der Waals surface area contributed by atoms with Gasteiger partial charge < -0.3 is 5.11 Å². The summed E-state index contributed by atoms with van der Waals surface area (Å²) in [4.78, 5) is 11.3. The number of carboxylic acids is 1. The number of carbonyl (C=O) groups is 1. The monoisotopic (exact) mass is 410 g/mol. The van der Waals surface area contributed by atoms with Crippen molar-refractivity contribution in [3.63, 3.8) is 0 Å². The first kappa shape index (κ1) is 21.5. The molecule has 0 saturated heterocycles. The van der Waals surface area contributed by atoms with Crippen LogP contribution in [-0.2, 0) is 4.79 Å². The first-order chi connectivity index (χ1) is 11.3. The highest BCUT2D eigenvalue weighted by molar-refractivity contribution is 7.64. The molecule has 1 aromatic carbocycles. The summed E-state index contributed by atoms with van der Waals surface area (Å²) >= 11 is 17.5. The van der Waals surface area contributed by atoms with Crippen LogP contribution in [-0.4, -0.2) is 17.1 Å². The van der Waals surface area contributed by atoms with Gasteiger partial charge in [0.2, 0.25) is 0 Å². The standard InChI is InChI=1S/C17H22Cl3FO2Si/c18-24(19,20)11-6-4-2-1-3-5-9-15(17(22)23)12-14-8-7-10-16(21)13-14/h7-8,10,12-13H,1-6,9,11H2,(H,22,23)/b15-12+. The van der Waals surface area contributed by atoms with Gasteiger partial charge in [0.15, 0.2) is 0 Å². The van der Waals surface area contributed by atoms with Crippen LogP contribution in [0.5, 0.6) is 0 Å². The van der Waals surface area contributed by atoms with Gasteiger partial charge in [0, 0.05) is 5.57 Å². The molecule has 1 aromatic rings. The van der Waals surface area contributed by atoms with Crippen LogP contribution in [0, 0.1) is 5.82 Å². The fraction of sp³-hybridized carbons (Fsp3) is 0.471. The Labute approximate surface area is 157 Å². The van der Waals surface area contributed by atoms with E-state index in [9.17, 15) is 14.3 Å². The van der Waals surface area contributed by atoms with Gasteiger partial charge in [-0.15, -0.1) is 33.2 Å². The predicted octanol–water partition coefficient (Wildman–Crippen LogP) is 6.68. The second-order valence-electron chi connectivity index (χ2n) is 5.77. The summed E-state index contributed by atoms with van der Waals surface area (Å²) in [5, 5.41) is 9.26. The van der Waals surface area contributed by atoms with Crippen molar-refractivity contribution in [2.45, 2.75) is 51.0 Å². The third-order valence-corrected chi connectivity index (χ3v) is 6.24. The highest BCUT2D eigenvalue weighted by Gasteiger charge is 2.23. The zero-order valence-corrected chi connectivity index (χ0v) is 16.7. The molecule has 0 heterocycles. The van der Waals surface area contributed by atoms with E-state index < -0.39 is 12.0 Å². The van der Waals surface area contributed by atoms with Crippen LogP contribution in [0.15, 0.2) is 29.8 Å². The van der Waals surface area contributed by atoms with E-state index in [0.717, 1.165) is 38.5 Å². The zero-order valence-electron chi connectivity index (χ0n) is 13.4.